The average Bonchev–Trinajstić information content (AvgIpc) is 2.35. The van der Waals surface area contributed by atoms with Crippen LogP contribution in [-0.2, 0) is 0 Å². The summed E-state index contributed by atoms with van der Waals surface area (Å²) in [6.45, 7) is 0. The molecule has 0 aliphatic rings. The fraction of sp³-hybridized carbons (Fsp3) is 0. The first-order chi connectivity index (χ1) is 5.29. The van der Waals surface area contributed by atoms with Gasteiger partial charge in [0.1, 0.15) is 7.85 Å². The fourth-order valence-electron chi connectivity index (χ4n) is 1.15. The van der Waals surface area contributed by atoms with Crippen molar-refractivity contribution in [1.29, 1.82) is 0 Å². The predicted octanol–water partition coefficient (Wildman–Crippen LogP) is 0.830. The lowest BCUT2D eigenvalue weighted by atomic mass is 9.96. The minimum Gasteiger partial charge on any atom is -0.462 e. The topological polar surface area (TPSA) is 13.1 Å². The van der Waals surface area contributed by atoms with Gasteiger partial charge in [-0.25, -0.2) is 4.39 Å². The Morgan fingerprint density at radius 3 is 2.91 bits per heavy atom. The minimum absolute atomic E-state index is 0.296. The zero-order chi connectivity index (χ0) is 7.84. The predicted molar refractivity (Wildman–Crippen MR) is 44.4 cm³/mol. The van der Waals surface area contributed by atoms with Crippen LogP contribution >= 0.6 is 0 Å². The summed E-state index contributed by atoms with van der Waals surface area (Å²) in [7, 11) is 1.89. The molecule has 0 saturated heterocycles. The standard InChI is InChI=1S/C8H6BFO/c9-6-4-11-8-5(6)2-1-3-7(8)10/h1-4H,9H2. The van der Waals surface area contributed by atoms with Gasteiger partial charge in [-0.05, 0) is 11.5 Å². The molecule has 2 rings (SSSR count). The third kappa shape index (κ3) is 0.844. The zero-order valence-electron chi connectivity index (χ0n) is 6.10. The van der Waals surface area contributed by atoms with E-state index in [0.29, 0.717) is 5.58 Å². The number of fused-ring (bicyclic) bond motifs is 1. The van der Waals surface area contributed by atoms with E-state index >= 15 is 0 Å². The van der Waals surface area contributed by atoms with E-state index < -0.39 is 0 Å². The van der Waals surface area contributed by atoms with E-state index in [1.165, 1.54) is 6.07 Å². The average molecular weight is 148 g/mol. The quantitative estimate of drug-likeness (QED) is 0.504. The van der Waals surface area contributed by atoms with Crippen LogP contribution in [0.4, 0.5) is 4.39 Å². The molecule has 1 heterocycles. The Kier molecular flexibility index (Phi) is 1.25. The summed E-state index contributed by atoms with van der Waals surface area (Å²) in [6.07, 6.45) is 1.56. The van der Waals surface area contributed by atoms with Gasteiger partial charge in [-0.15, -0.1) is 0 Å². The number of rotatable bonds is 0. The van der Waals surface area contributed by atoms with Crippen molar-refractivity contribution in [2.45, 2.75) is 0 Å². The molecule has 1 aromatic carbocycles. The number of benzene rings is 1. The maximum atomic E-state index is 12.9. The van der Waals surface area contributed by atoms with Crippen molar-refractivity contribution in [3.63, 3.8) is 0 Å². The highest BCUT2D eigenvalue weighted by Crippen LogP contribution is 2.15. The molecule has 0 atom stereocenters. The number of hydrogen-bond donors (Lipinski definition) is 0. The molecule has 0 spiro atoms. The second kappa shape index (κ2) is 2.12. The van der Waals surface area contributed by atoms with Crippen LogP contribution in [0.15, 0.2) is 28.9 Å². The molecule has 0 fully saturated rings. The smallest absolute Gasteiger partial charge is 0.168 e. The first-order valence-electron chi connectivity index (χ1n) is 3.41. The van der Waals surface area contributed by atoms with E-state index in [-0.39, 0.29) is 5.82 Å². The highest BCUT2D eigenvalue weighted by molar-refractivity contribution is 6.38. The SMILES string of the molecule is Bc1coc2c(F)cccc12. The van der Waals surface area contributed by atoms with E-state index in [9.17, 15) is 4.39 Å². The van der Waals surface area contributed by atoms with E-state index in [1.807, 2.05) is 13.9 Å². The first kappa shape index (κ1) is 6.46. The van der Waals surface area contributed by atoms with Gasteiger partial charge in [-0.2, -0.15) is 0 Å². The Labute approximate surface area is 64.2 Å². The maximum absolute atomic E-state index is 12.9. The largest absolute Gasteiger partial charge is 0.462 e. The molecule has 1 nitrogen and oxygen atoms in total. The Hall–Kier alpha value is -1.25. The zero-order valence-corrected chi connectivity index (χ0v) is 6.10. The van der Waals surface area contributed by atoms with Crippen molar-refractivity contribution in [3.05, 3.63) is 30.3 Å². The molecule has 0 unspecified atom stereocenters. The van der Waals surface area contributed by atoms with Crippen LogP contribution in [0.1, 0.15) is 0 Å². The molecule has 1 aromatic heterocycles. The van der Waals surface area contributed by atoms with Crippen LogP contribution < -0.4 is 5.46 Å². The summed E-state index contributed by atoms with van der Waals surface area (Å²) in [5, 5.41) is 0.852. The highest BCUT2D eigenvalue weighted by atomic mass is 19.1. The molecule has 54 valence electrons. The second-order valence-corrected chi connectivity index (χ2v) is 2.54. The van der Waals surface area contributed by atoms with Crippen LogP contribution in [0.3, 0.4) is 0 Å². The second-order valence-electron chi connectivity index (χ2n) is 2.54. The lowest BCUT2D eigenvalue weighted by Gasteiger charge is -1.89. The van der Waals surface area contributed by atoms with E-state index in [4.69, 9.17) is 4.42 Å². The Balaban J connectivity index is 2.94. The fourth-order valence-corrected chi connectivity index (χ4v) is 1.15. The Morgan fingerprint density at radius 1 is 1.36 bits per heavy atom. The minimum atomic E-state index is -0.296. The van der Waals surface area contributed by atoms with Crippen LogP contribution in [0, 0.1) is 5.82 Å². The van der Waals surface area contributed by atoms with Crippen LogP contribution in [0.2, 0.25) is 0 Å². The van der Waals surface area contributed by atoms with E-state index in [0.717, 1.165) is 10.8 Å². The van der Waals surface area contributed by atoms with Gasteiger partial charge in [-0.3, -0.25) is 0 Å². The lowest BCUT2D eigenvalue weighted by Crippen LogP contribution is -1.96. The number of hydrogen-bond acceptors (Lipinski definition) is 1. The highest BCUT2D eigenvalue weighted by Gasteiger charge is 2.04. The first-order valence-corrected chi connectivity index (χ1v) is 3.41. The van der Waals surface area contributed by atoms with Gasteiger partial charge >= 0.3 is 0 Å². The van der Waals surface area contributed by atoms with Crippen LogP contribution in [-0.4, -0.2) is 7.85 Å². The normalized spacial score (nSPS) is 10.6. The summed E-state index contributed by atoms with van der Waals surface area (Å²) in [4.78, 5) is 0. The molecule has 3 heteroatoms. The molecule has 11 heavy (non-hydrogen) atoms. The third-order valence-electron chi connectivity index (χ3n) is 1.75. The molecule has 0 aliphatic carbocycles. The van der Waals surface area contributed by atoms with Crippen molar-refractivity contribution in [2.24, 2.45) is 0 Å². The Morgan fingerprint density at radius 2 is 2.18 bits per heavy atom. The van der Waals surface area contributed by atoms with Gasteiger partial charge in [0.25, 0.3) is 0 Å². The van der Waals surface area contributed by atoms with E-state index in [2.05, 4.69) is 0 Å². The van der Waals surface area contributed by atoms with Gasteiger partial charge in [0.05, 0.1) is 6.26 Å². The molecule has 0 N–H and O–H groups in total. The number of halogens is 1. The van der Waals surface area contributed by atoms with Crippen molar-refractivity contribution in [1.82, 2.24) is 0 Å². The maximum Gasteiger partial charge on any atom is 0.168 e. The molecule has 0 aliphatic heterocycles. The molecule has 0 amide bonds. The van der Waals surface area contributed by atoms with Gasteiger partial charge < -0.3 is 4.42 Å². The monoisotopic (exact) mass is 148 g/mol. The van der Waals surface area contributed by atoms with Gasteiger partial charge in [-0.1, -0.05) is 12.1 Å². The lowest BCUT2D eigenvalue weighted by molar-refractivity contribution is 0.561. The number of para-hydroxylation sites is 1. The van der Waals surface area contributed by atoms with Crippen molar-refractivity contribution >= 4 is 24.3 Å². The third-order valence-corrected chi connectivity index (χ3v) is 1.75. The Bertz CT molecular complexity index is 394. The van der Waals surface area contributed by atoms with Crippen LogP contribution in [0.25, 0.3) is 11.0 Å². The summed E-state index contributed by atoms with van der Waals surface area (Å²) in [5.41, 5.74) is 1.32. The summed E-state index contributed by atoms with van der Waals surface area (Å²) < 4.78 is 17.9. The van der Waals surface area contributed by atoms with Gasteiger partial charge in [0, 0.05) is 5.39 Å². The summed E-state index contributed by atoms with van der Waals surface area (Å²) in [5.74, 6) is -0.296. The molecule has 0 saturated carbocycles. The van der Waals surface area contributed by atoms with Crippen molar-refractivity contribution in [2.75, 3.05) is 0 Å². The van der Waals surface area contributed by atoms with Crippen LogP contribution in [0.5, 0.6) is 0 Å². The molecular formula is C8H6BFO. The summed E-state index contributed by atoms with van der Waals surface area (Å²) in [6, 6.07) is 4.92. The van der Waals surface area contributed by atoms with Gasteiger partial charge in [0.2, 0.25) is 0 Å². The van der Waals surface area contributed by atoms with Crippen molar-refractivity contribution in [3.8, 4) is 0 Å². The van der Waals surface area contributed by atoms with Crippen molar-refractivity contribution < 1.29 is 8.81 Å². The van der Waals surface area contributed by atoms with E-state index in [1.54, 1.807) is 12.3 Å². The molecular weight excluding hydrogens is 142 g/mol. The molecule has 0 bridgehead atoms. The summed E-state index contributed by atoms with van der Waals surface area (Å²) >= 11 is 0. The number of furan rings is 1. The molecule has 0 radical (unpaired) electrons. The van der Waals surface area contributed by atoms with Gasteiger partial charge in [0.15, 0.2) is 11.4 Å². The molecule has 2 aromatic rings.